The van der Waals surface area contributed by atoms with Crippen LogP contribution < -0.4 is 10.2 Å². The Morgan fingerprint density at radius 2 is 1.88 bits per heavy atom. The number of fused-ring (bicyclic) bond motifs is 1. The Hall–Kier alpha value is -2.62. The van der Waals surface area contributed by atoms with E-state index in [2.05, 4.69) is 44.1 Å². The third kappa shape index (κ3) is 3.29. The number of carbonyl (C=O) groups is 1. The lowest BCUT2D eigenvalue weighted by Gasteiger charge is -2.28. The highest BCUT2D eigenvalue weighted by atomic mass is 19.1. The summed E-state index contributed by atoms with van der Waals surface area (Å²) in [6.45, 7) is 6.69. The van der Waals surface area contributed by atoms with Gasteiger partial charge in [-0.3, -0.25) is 4.79 Å². The van der Waals surface area contributed by atoms with E-state index >= 15 is 0 Å². The summed E-state index contributed by atoms with van der Waals surface area (Å²) in [5, 5.41) is 2.89. The molecule has 1 amide bonds. The summed E-state index contributed by atoms with van der Waals surface area (Å²) in [6.07, 6.45) is 3.12. The van der Waals surface area contributed by atoms with Crippen molar-refractivity contribution in [1.29, 1.82) is 0 Å². The molecule has 2 aromatic carbocycles. The van der Waals surface area contributed by atoms with E-state index in [4.69, 9.17) is 0 Å². The number of halogens is 1. The second-order valence-electron chi connectivity index (χ2n) is 7.11. The number of hydrogen-bond acceptors (Lipinski definition) is 2. The fourth-order valence-electron chi connectivity index (χ4n) is 3.29. The maximum Gasteiger partial charge on any atom is 0.248 e. The van der Waals surface area contributed by atoms with Crippen LogP contribution in [-0.2, 0) is 10.2 Å². The number of anilines is 2. The Bertz CT molecular complexity index is 824. The molecule has 0 spiro atoms. The summed E-state index contributed by atoms with van der Waals surface area (Å²) in [4.78, 5) is 14.4. The van der Waals surface area contributed by atoms with Crippen molar-refractivity contribution in [2.45, 2.75) is 32.2 Å². The zero-order chi connectivity index (χ0) is 18.2. The van der Waals surface area contributed by atoms with Crippen molar-refractivity contribution < 1.29 is 9.18 Å². The number of nitrogens with zero attached hydrogens (tertiary/aromatic N) is 1. The van der Waals surface area contributed by atoms with E-state index in [1.54, 1.807) is 18.2 Å². The highest BCUT2D eigenvalue weighted by Crippen LogP contribution is 2.45. The molecule has 3 rings (SSSR count). The minimum absolute atomic E-state index is 0.0785. The number of hydrogen-bond donors (Lipinski definition) is 1. The highest BCUT2D eigenvalue weighted by molar-refractivity contribution is 6.02. The van der Waals surface area contributed by atoms with Crippen LogP contribution in [-0.4, -0.2) is 19.0 Å². The number of nitrogens with one attached hydrogen (secondary N) is 1. The molecule has 0 saturated carbocycles. The van der Waals surface area contributed by atoms with E-state index < -0.39 is 0 Å². The van der Waals surface area contributed by atoms with Crippen LogP contribution in [0.2, 0.25) is 0 Å². The van der Waals surface area contributed by atoms with Gasteiger partial charge in [-0.25, -0.2) is 4.39 Å². The Morgan fingerprint density at radius 1 is 1.20 bits per heavy atom. The molecule has 4 heteroatoms. The molecule has 2 aromatic rings. The van der Waals surface area contributed by atoms with Crippen molar-refractivity contribution in [3.63, 3.8) is 0 Å². The molecule has 1 heterocycles. The van der Waals surface area contributed by atoms with Gasteiger partial charge in [0.1, 0.15) is 5.82 Å². The highest BCUT2D eigenvalue weighted by Gasteiger charge is 2.40. The smallest absolute Gasteiger partial charge is 0.248 e. The summed E-state index contributed by atoms with van der Waals surface area (Å²) < 4.78 is 12.9. The molecule has 1 atom stereocenters. The van der Waals surface area contributed by atoms with E-state index in [0.717, 1.165) is 16.9 Å². The van der Waals surface area contributed by atoms with Gasteiger partial charge in [-0.05, 0) is 48.4 Å². The van der Waals surface area contributed by atoms with Crippen molar-refractivity contribution in [2.75, 3.05) is 17.3 Å². The van der Waals surface area contributed by atoms with E-state index in [1.165, 1.54) is 23.8 Å². The van der Waals surface area contributed by atoms with Crippen LogP contribution in [0.1, 0.15) is 31.9 Å². The molecule has 0 fully saturated rings. The molecule has 0 unspecified atom stereocenters. The first kappa shape index (κ1) is 17.2. The summed E-state index contributed by atoms with van der Waals surface area (Å²) >= 11 is 0. The van der Waals surface area contributed by atoms with Gasteiger partial charge in [0.15, 0.2) is 0 Å². The van der Waals surface area contributed by atoms with Crippen LogP contribution >= 0.6 is 0 Å². The van der Waals surface area contributed by atoms with Crippen molar-refractivity contribution in [2.24, 2.45) is 0 Å². The van der Waals surface area contributed by atoms with Gasteiger partial charge in [0.25, 0.3) is 0 Å². The molecule has 0 saturated heterocycles. The molecule has 1 aliphatic heterocycles. The SMILES string of the molecule is C[C@H]1N(C)c2cc(NC(=O)/C=C/c3ccc(F)cc3)ccc2C1(C)C. The molecule has 0 aromatic heterocycles. The monoisotopic (exact) mass is 338 g/mol. The zero-order valence-electron chi connectivity index (χ0n) is 15.0. The van der Waals surface area contributed by atoms with Crippen LogP contribution in [0.5, 0.6) is 0 Å². The molecule has 3 nitrogen and oxygen atoms in total. The van der Waals surface area contributed by atoms with Gasteiger partial charge in [-0.15, -0.1) is 0 Å². The Balaban J connectivity index is 1.74. The van der Waals surface area contributed by atoms with Crippen LogP contribution in [0, 0.1) is 5.82 Å². The maximum absolute atomic E-state index is 12.9. The molecule has 0 bridgehead atoms. The van der Waals surface area contributed by atoms with Gasteiger partial charge in [0.2, 0.25) is 5.91 Å². The standard InChI is InChI=1S/C21H23FN2O/c1-14-21(2,3)18-11-10-17(13-19(18)24(14)4)23-20(25)12-7-15-5-8-16(22)9-6-15/h5-14H,1-4H3,(H,23,25)/b12-7+/t14-/m1/s1. The topological polar surface area (TPSA) is 32.3 Å². The Morgan fingerprint density at radius 3 is 2.56 bits per heavy atom. The molecular weight excluding hydrogens is 315 g/mol. The average molecular weight is 338 g/mol. The Labute approximate surface area is 148 Å². The van der Waals surface area contributed by atoms with Crippen LogP contribution in [0.3, 0.4) is 0 Å². The molecule has 25 heavy (non-hydrogen) atoms. The molecule has 0 aliphatic carbocycles. The van der Waals surface area contributed by atoms with E-state index in [-0.39, 0.29) is 17.1 Å². The quantitative estimate of drug-likeness (QED) is 0.830. The predicted molar refractivity (Wildman–Crippen MR) is 101 cm³/mol. The number of benzene rings is 2. The van der Waals surface area contributed by atoms with E-state index in [9.17, 15) is 9.18 Å². The summed E-state index contributed by atoms with van der Waals surface area (Å²) in [5.74, 6) is -0.502. The fourth-order valence-corrected chi connectivity index (χ4v) is 3.29. The normalized spacial score (nSPS) is 18.4. The zero-order valence-corrected chi connectivity index (χ0v) is 15.0. The number of amides is 1. The largest absolute Gasteiger partial charge is 0.371 e. The second-order valence-corrected chi connectivity index (χ2v) is 7.11. The summed E-state index contributed by atoms with van der Waals surface area (Å²) in [5.41, 5.74) is 4.07. The van der Waals surface area contributed by atoms with Gasteiger partial charge < -0.3 is 10.2 Å². The van der Waals surface area contributed by atoms with Crippen molar-refractivity contribution in [3.05, 3.63) is 65.5 Å². The van der Waals surface area contributed by atoms with Crippen LogP contribution in [0.25, 0.3) is 6.08 Å². The number of likely N-dealkylation sites (N-methyl/N-ethyl adjacent to an activating group) is 1. The lowest BCUT2D eigenvalue weighted by Crippen LogP contribution is -2.36. The second kappa shape index (κ2) is 6.36. The van der Waals surface area contributed by atoms with Crippen LogP contribution in [0.4, 0.5) is 15.8 Å². The molecule has 0 radical (unpaired) electrons. The van der Waals surface area contributed by atoms with Crippen molar-refractivity contribution in [1.82, 2.24) is 0 Å². The molecule has 1 aliphatic rings. The lowest BCUT2D eigenvalue weighted by molar-refractivity contribution is -0.111. The first-order valence-corrected chi connectivity index (χ1v) is 8.41. The first-order chi connectivity index (χ1) is 11.8. The molecule has 1 N–H and O–H groups in total. The lowest BCUT2D eigenvalue weighted by atomic mass is 9.81. The minimum atomic E-state index is -0.291. The molecule has 130 valence electrons. The number of carbonyl (C=O) groups excluding carboxylic acids is 1. The van der Waals surface area contributed by atoms with Gasteiger partial charge in [-0.2, -0.15) is 0 Å². The van der Waals surface area contributed by atoms with E-state index in [1.807, 2.05) is 12.1 Å². The third-order valence-electron chi connectivity index (χ3n) is 5.26. The molecular formula is C21H23FN2O. The van der Waals surface area contributed by atoms with Crippen molar-refractivity contribution >= 4 is 23.4 Å². The minimum Gasteiger partial charge on any atom is -0.371 e. The van der Waals surface area contributed by atoms with Gasteiger partial charge >= 0.3 is 0 Å². The van der Waals surface area contributed by atoms with Gasteiger partial charge in [0.05, 0.1) is 0 Å². The summed E-state index contributed by atoms with van der Waals surface area (Å²) in [7, 11) is 2.08. The van der Waals surface area contributed by atoms with Crippen molar-refractivity contribution in [3.8, 4) is 0 Å². The third-order valence-corrected chi connectivity index (χ3v) is 5.26. The maximum atomic E-state index is 12.9. The van der Waals surface area contributed by atoms with E-state index in [0.29, 0.717) is 6.04 Å². The first-order valence-electron chi connectivity index (χ1n) is 8.41. The van der Waals surface area contributed by atoms with Crippen LogP contribution in [0.15, 0.2) is 48.5 Å². The van der Waals surface area contributed by atoms with Gasteiger partial charge in [-0.1, -0.05) is 32.0 Å². The predicted octanol–water partition coefficient (Wildman–Crippen LogP) is 4.59. The fraction of sp³-hybridized carbons (Fsp3) is 0.286. The van der Waals surface area contributed by atoms with Gasteiger partial charge in [0, 0.05) is 36.0 Å². The average Bonchev–Trinajstić information content (AvgIpc) is 2.75. The summed E-state index contributed by atoms with van der Waals surface area (Å²) in [6, 6.07) is 12.5. The Kier molecular flexibility index (Phi) is 4.38. The number of rotatable bonds is 3.